The highest BCUT2D eigenvalue weighted by atomic mass is 32.2. The molecule has 12 heteroatoms. The van der Waals surface area contributed by atoms with Gasteiger partial charge in [0.25, 0.3) is 0 Å². The molecule has 0 aliphatic heterocycles. The van der Waals surface area contributed by atoms with Crippen molar-refractivity contribution in [2.24, 2.45) is 5.73 Å². The van der Waals surface area contributed by atoms with Crippen LogP contribution in [0.5, 0.6) is 0 Å². The summed E-state index contributed by atoms with van der Waals surface area (Å²) in [5.74, 6) is -3.20. The van der Waals surface area contributed by atoms with Gasteiger partial charge < -0.3 is 25.8 Å². The maximum Gasteiger partial charge on any atom is 0.408 e. The Balaban J connectivity index is 1.88. The van der Waals surface area contributed by atoms with E-state index in [9.17, 15) is 31.9 Å². The number of unbranched alkanes of at least 4 members (excludes halogenated alkanes) is 1. The van der Waals surface area contributed by atoms with Crippen LogP contribution in [0.1, 0.15) is 48.9 Å². The van der Waals surface area contributed by atoms with Crippen LogP contribution in [0.15, 0.2) is 72.8 Å². The fourth-order valence-electron chi connectivity index (χ4n) is 4.90. The summed E-state index contributed by atoms with van der Waals surface area (Å²) in [6.07, 6.45) is -0.722. The maximum atomic E-state index is 14.1. The maximum absolute atomic E-state index is 14.1. The molecule has 250 valence electrons. The Morgan fingerprint density at radius 2 is 1.59 bits per heavy atom. The fourth-order valence-corrected chi connectivity index (χ4v) is 6.53. The topological polar surface area (TPSA) is 139 Å². The van der Waals surface area contributed by atoms with Gasteiger partial charge in [-0.15, -0.1) is 0 Å². The Morgan fingerprint density at radius 3 is 2.24 bits per heavy atom. The zero-order valence-electron chi connectivity index (χ0n) is 26.2. The standard InChI is InChI=1S/C34H43F2N3O6S/c1-3-5-14-46(43,44)23-31(38-34(42)45-22-25-10-7-6-8-11-25)33(41)39(20-26-13-9-12-24(4-2)15-26)21-32(40)30(37)18-27-16-28(35)19-29(36)17-27/h6-13,15-17,19,30-32,40H,3-5,14,18,20-23,37H2,1-2H3,(H,38,42)/t30-,31+,32+/m0/s1. The molecule has 3 aromatic rings. The largest absolute Gasteiger partial charge is 0.445 e. The third-order valence-corrected chi connectivity index (χ3v) is 9.16. The number of nitrogens with two attached hydrogens (primary N) is 1. The molecule has 0 unspecified atom stereocenters. The Bertz CT molecular complexity index is 1520. The summed E-state index contributed by atoms with van der Waals surface area (Å²) in [7, 11) is -3.79. The van der Waals surface area contributed by atoms with Crippen molar-refractivity contribution in [1.82, 2.24) is 10.2 Å². The van der Waals surface area contributed by atoms with E-state index in [1.807, 2.05) is 32.0 Å². The molecule has 3 rings (SSSR count). The highest BCUT2D eigenvalue weighted by Crippen LogP contribution is 2.16. The van der Waals surface area contributed by atoms with E-state index in [1.165, 1.54) is 4.90 Å². The van der Waals surface area contributed by atoms with Crippen molar-refractivity contribution in [1.29, 1.82) is 0 Å². The molecule has 0 saturated heterocycles. The molecule has 0 aliphatic rings. The van der Waals surface area contributed by atoms with Crippen molar-refractivity contribution in [3.63, 3.8) is 0 Å². The average molecular weight is 660 g/mol. The predicted octanol–water partition coefficient (Wildman–Crippen LogP) is 4.30. The summed E-state index contributed by atoms with van der Waals surface area (Å²) >= 11 is 0. The molecular formula is C34H43F2N3O6S. The van der Waals surface area contributed by atoms with Gasteiger partial charge in [-0.3, -0.25) is 4.79 Å². The first-order chi connectivity index (χ1) is 21.9. The number of aliphatic hydroxyl groups excluding tert-OH is 1. The number of carbonyl (C=O) groups excluding carboxylic acids is 2. The summed E-state index contributed by atoms with van der Waals surface area (Å²) in [6, 6.07) is 16.7. The Morgan fingerprint density at radius 1 is 0.935 bits per heavy atom. The van der Waals surface area contributed by atoms with Gasteiger partial charge in [0.05, 0.1) is 17.6 Å². The Hall–Kier alpha value is -3.87. The molecule has 0 saturated carbocycles. The van der Waals surface area contributed by atoms with E-state index < -0.39 is 57.4 Å². The van der Waals surface area contributed by atoms with E-state index in [0.29, 0.717) is 24.0 Å². The van der Waals surface area contributed by atoms with Crippen LogP contribution < -0.4 is 11.1 Å². The number of carbonyl (C=O) groups is 2. The number of halogens is 2. The highest BCUT2D eigenvalue weighted by Gasteiger charge is 2.33. The molecular weight excluding hydrogens is 616 g/mol. The molecule has 9 nitrogen and oxygen atoms in total. The SMILES string of the molecule is CCCCS(=O)(=O)C[C@@H](NC(=O)OCc1ccccc1)C(=O)N(Cc1cccc(CC)c1)C[C@@H](O)[C@@H](N)Cc1cc(F)cc(F)c1. The second-order valence-corrected chi connectivity index (χ2v) is 13.6. The predicted molar refractivity (Wildman–Crippen MR) is 172 cm³/mol. The second kappa shape index (κ2) is 17.7. The van der Waals surface area contributed by atoms with E-state index in [-0.39, 0.29) is 37.4 Å². The van der Waals surface area contributed by atoms with E-state index in [0.717, 1.165) is 30.2 Å². The van der Waals surface area contributed by atoms with Crippen LogP contribution in [0.3, 0.4) is 0 Å². The van der Waals surface area contributed by atoms with Crippen LogP contribution >= 0.6 is 0 Å². The van der Waals surface area contributed by atoms with E-state index in [2.05, 4.69) is 5.32 Å². The molecule has 0 bridgehead atoms. The molecule has 0 radical (unpaired) electrons. The third kappa shape index (κ3) is 12.1. The van der Waals surface area contributed by atoms with E-state index in [1.54, 1.807) is 36.4 Å². The number of amides is 2. The molecule has 46 heavy (non-hydrogen) atoms. The van der Waals surface area contributed by atoms with Crippen molar-refractivity contribution in [2.75, 3.05) is 18.1 Å². The first-order valence-corrected chi connectivity index (χ1v) is 17.1. The van der Waals surface area contributed by atoms with Crippen LogP contribution in [0.25, 0.3) is 0 Å². The van der Waals surface area contributed by atoms with Crippen LogP contribution in [0.2, 0.25) is 0 Å². The molecule has 0 aromatic heterocycles. The first-order valence-electron chi connectivity index (χ1n) is 15.3. The first kappa shape index (κ1) is 36.6. The number of hydrogen-bond acceptors (Lipinski definition) is 7. The summed E-state index contributed by atoms with van der Waals surface area (Å²) < 4.78 is 58.9. The number of aryl methyl sites for hydroxylation is 1. The minimum atomic E-state index is -3.79. The number of nitrogens with one attached hydrogen (secondary N) is 1. The lowest BCUT2D eigenvalue weighted by Gasteiger charge is -2.31. The van der Waals surface area contributed by atoms with Gasteiger partial charge in [0.2, 0.25) is 5.91 Å². The van der Waals surface area contributed by atoms with Crippen molar-refractivity contribution in [2.45, 2.75) is 70.9 Å². The average Bonchev–Trinajstić information content (AvgIpc) is 3.01. The number of rotatable bonds is 17. The minimum Gasteiger partial charge on any atom is -0.445 e. The number of aliphatic hydroxyl groups is 1. The zero-order valence-corrected chi connectivity index (χ0v) is 27.0. The molecule has 3 atom stereocenters. The number of benzene rings is 3. The molecule has 0 fully saturated rings. The number of ether oxygens (including phenoxy) is 1. The van der Waals surface area contributed by atoms with Gasteiger partial charge >= 0.3 is 6.09 Å². The normalized spacial score (nSPS) is 13.4. The van der Waals surface area contributed by atoms with Crippen LogP contribution in [-0.2, 0) is 45.4 Å². The molecule has 3 aromatic carbocycles. The van der Waals surface area contributed by atoms with Crippen molar-refractivity contribution in [3.8, 4) is 0 Å². The van der Waals surface area contributed by atoms with Crippen LogP contribution in [0.4, 0.5) is 13.6 Å². The van der Waals surface area contributed by atoms with Gasteiger partial charge in [-0.1, -0.05) is 74.9 Å². The summed E-state index contributed by atoms with van der Waals surface area (Å²) in [4.78, 5) is 28.2. The van der Waals surface area contributed by atoms with Gasteiger partial charge in [0.15, 0.2) is 9.84 Å². The molecule has 0 spiro atoms. The number of hydrogen-bond donors (Lipinski definition) is 3. The minimum absolute atomic E-state index is 0.0305. The smallest absolute Gasteiger partial charge is 0.408 e. The Kier molecular flexibility index (Phi) is 14.1. The fraction of sp³-hybridized carbons (Fsp3) is 0.412. The second-order valence-electron chi connectivity index (χ2n) is 11.3. The number of alkyl carbamates (subject to hydrolysis) is 1. The monoisotopic (exact) mass is 659 g/mol. The van der Waals surface area contributed by atoms with Gasteiger partial charge in [0.1, 0.15) is 24.3 Å². The Labute approximate surface area is 269 Å². The summed E-state index contributed by atoms with van der Waals surface area (Å²) in [6.45, 7) is 3.34. The van der Waals surface area contributed by atoms with E-state index >= 15 is 0 Å². The zero-order chi connectivity index (χ0) is 33.7. The lowest BCUT2D eigenvalue weighted by Crippen LogP contribution is -2.54. The third-order valence-electron chi connectivity index (χ3n) is 7.41. The molecule has 4 N–H and O–H groups in total. The number of sulfone groups is 1. The summed E-state index contributed by atoms with van der Waals surface area (Å²) in [5.41, 5.74) is 8.85. The highest BCUT2D eigenvalue weighted by molar-refractivity contribution is 7.91. The van der Waals surface area contributed by atoms with Crippen LogP contribution in [-0.4, -0.2) is 66.7 Å². The van der Waals surface area contributed by atoms with Crippen LogP contribution in [0, 0.1) is 11.6 Å². The van der Waals surface area contributed by atoms with Crippen molar-refractivity contribution < 1.29 is 36.6 Å². The van der Waals surface area contributed by atoms with Gasteiger partial charge in [-0.05, 0) is 53.6 Å². The quantitative estimate of drug-likeness (QED) is 0.197. The van der Waals surface area contributed by atoms with E-state index in [4.69, 9.17) is 10.5 Å². The number of nitrogens with zero attached hydrogens (tertiary/aromatic N) is 1. The lowest BCUT2D eigenvalue weighted by atomic mass is 10.0. The molecule has 0 aliphatic carbocycles. The summed E-state index contributed by atoms with van der Waals surface area (Å²) in [5, 5.41) is 13.5. The van der Waals surface area contributed by atoms with Gasteiger partial charge in [-0.25, -0.2) is 22.0 Å². The van der Waals surface area contributed by atoms with Gasteiger partial charge in [0, 0.05) is 25.2 Å². The molecule has 2 amide bonds. The molecule has 0 heterocycles. The van der Waals surface area contributed by atoms with Crippen molar-refractivity contribution in [3.05, 3.63) is 107 Å². The van der Waals surface area contributed by atoms with Crippen molar-refractivity contribution >= 4 is 21.8 Å². The van der Waals surface area contributed by atoms with Gasteiger partial charge in [-0.2, -0.15) is 0 Å². The lowest BCUT2D eigenvalue weighted by molar-refractivity contribution is -0.135.